The van der Waals surface area contributed by atoms with Crippen LogP contribution in [0, 0.1) is 0 Å². The molecule has 0 saturated carbocycles. The number of hydrogen-bond donors (Lipinski definition) is 5. The Kier molecular flexibility index (Phi) is 11.3. The van der Waals surface area contributed by atoms with Gasteiger partial charge in [-0.25, -0.2) is 0 Å². The number of nitrogens with zero attached hydrogens (tertiary/aromatic N) is 2. The van der Waals surface area contributed by atoms with Crippen molar-refractivity contribution in [1.29, 1.82) is 0 Å². The van der Waals surface area contributed by atoms with Crippen LogP contribution in [-0.4, -0.2) is 64.2 Å². The maximum Gasteiger partial charge on any atom is 0.323 e. The number of aliphatic hydroxyl groups excluding tert-OH is 1. The minimum atomic E-state index is -1.18. The molecule has 13 heteroatoms. The molecule has 1 saturated heterocycles. The van der Waals surface area contributed by atoms with Gasteiger partial charge < -0.3 is 25.6 Å². The maximum atomic E-state index is 11.5. The molecule has 5 N–H and O–H groups in total. The lowest BCUT2D eigenvalue weighted by Crippen LogP contribution is -2.39. The van der Waals surface area contributed by atoms with Crippen molar-refractivity contribution < 1.29 is 24.5 Å². The fourth-order valence-corrected chi connectivity index (χ4v) is 7.28. The van der Waals surface area contributed by atoms with Crippen LogP contribution >= 0.6 is 34.8 Å². The number of hydrogen-bond acceptors (Lipinski definition) is 7. The number of fused-ring (bicyclic) bond motifs is 1. The van der Waals surface area contributed by atoms with E-state index in [4.69, 9.17) is 39.5 Å². The van der Waals surface area contributed by atoms with Gasteiger partial charge in [0.25, 0.3) is 0 Å². The number of benzene rings is 4. The van der Waals surface area contributed by atoms with Crippen LogP contribution in [0.5, 0.6) is 5.75 Å². The second-order valence-corrected chi connectivity index (χ2v) is 13.3. The monoisotopic (exact) mass is 735 g/mol. The summed E-state index contributed by atoms with van der Waals surface area (Å²) < 4.78 is 7.39. The molecule has 5 aromatic rings. The van der Waals surface area contributed by atoms with Crippen LogP contribution in [0.15, 0.2) is 72.9 Å². The minimum absolute atomic E-state index is 0.0675. The molecule has 1 aliphatic rings. The fourth-order valence-electron chi connectivity index (χ4n) is 6.25. The van der Waals surface area contributed by atoms with Crippen molar-refractivity contribution >= 4 is 57.6 Å². The summed E-state index contributed by atoms with van der Waals surface area (Å²) in [5.74, 6) is -0.706. The highest BCUT2D eigenvalue weighted by molar-refractivity contribution is 6.37. The van der Waals surface area contributed by atoms with Crippen LogP contribution < -0.4 is 20.7 Å². The van der Waals surface area contributed by atoms with E-state index in [1.54, 1.807) is 16.9 Å². The number of carbonyl (C=O) groups excluding carboxylic acids is 1. The Balaban J connectivity index is 1.22. The molecule has 1 aromatic heterocycles. The summed E-state index contributed by atoms with van der Waals surface area (Å²) in [6, 6.07) is 20.9. The number of aromatic nitrogens is 2. The van der Waals surface area contributed by atoms with E-state index in [-0.39, 0.29) is 30.1 Å². The van der Waals surface area contributed by atoms with E-state index >= 15 is 0 Å². The van der Waals surface area contributed by atoms with Gasteiger partial charge in [0.05, 0.1) is 42.0 Å². The minimum Gasteiger partial charge on any atom is -0.495 e. The molecule has 260 valence electrons. The van der Waals surface area contributed by atoms with Crippen LogP contribution in [0.25, 0.3) is 33.2 Å². The quantitative estimate of drug-likeness (QED) is 0.0898. The summed E-state index contributed by atoms with van der Waals surface area (Å²) in [4.78, 5) is 22.8. The largest absolute Gasteiger partial charge is 0.495 e. The summed E-state index contributed by atoms with van der Waals surface area (Å²) in [6.07, 6.45) is 3.26. The highest BCUT2D eigenvalue weighted by Crippen LogP contribution is 2.41. The molecule has 2 heterocycles. The molecule has 10 nitrogen and oxygen atoms in total. The first-order chi connectivity index (χ1) is 24.2. The van der Waals surface area contributed by atoms with Crippen LogP contribution in [0.1, 0.15) is 29.5 Å². The number of methoxy groups -OCH3 is 1. The zero-order valence-corrected chi connectivity index (χ0v) is 29.4. The van der Waals surface area contributed by atoms with Crippen molar-refractivity contribution in [2.45, 2.75) is 44.6 Å². The Labute approximate surface area is 304 Å². The highest BCUT2D eigenvalue weighted by Gasteiger charge is 2.22. The standard InChI is InChI=1S/C37H36Cl3N5O5/c1-50-36-23(16-42-31(20-46)37(48)49)14-30(38)29(35(36)40)19-45-32-7-3-5-26(28(32)18-43-45)27-6-2-4-25(34(27)39)22-10-8-21(9-11-22)15-41-17-24-12-13-33(47)44-24/h2-11,14,18,24,31,41-42,46H,12-13,15-17,19-20H2,1H3,(H,44,47)(H,48,49)/t24-,31-/m0/s1. The van der Waals surface area contributed by atoms with E-state index < -0.39 is 18.6 Å². The maximum absolute atomic E-state index is 11.5. The molecule has 0 spiro atoms. The van der Waals surface area contributed by atoms with Gasteiger partial charge in [0.15, 0.2) is 0 Å². The number of nitrogens with one attached hydrogen (secondary N) is 3. The van der Waals surface area contributed by atoms with Crippen LogP contribution in [0.4, 0.5) is 0 Å². The third-order valence-electron chi connectivity index (χ3n) is 8.92. The zero-order chi connectivity index (χ0) is 35.4. The first-order valence-corrected chi connectivity index (χ1v) is 17.3. The van der Waals surface area contributed by atoms with Gasteiger partial charge >= 0.3 is 5.97 Å². The van der Waals surface area contributed by atoms with E-state index in [1.807, 2.05) is 36.4 Å². The van der Waals surface area contributed by atoms with Crippen molar-refractivity contribution in [3.63, 3.8) is 0 Å². The van der Waals surface area contributed by atoms with Gasteiger partial charge in [-0.2, -0.15) is 5.10 Å². The number of amides is 1. The second kappa shape index (κ2) is 15.8. The molecule has 0 aliphatic carbocycles. The normalized spacial score (nSPS) is 15.0. The fraction of sp³-hybridized carbons (Fsp3) is 0.270. The van der Waals surface area contributed by atoms with Gasteiger partial charge in [-0.3, -0.25) is 19.6 Å². The molecule has 6 rings (SSSR count). The Morgan fingerprint density at radius 1 is 1.04 bits per heavy atom. The molecular weight excluding hydrogens is 701 g/mol. The number of ether oxygens (including phenoxy) is 1. The molecule has 1 fully saturated rings. The number of aliphatic carboxylic acids is 1. The highest BCUT2D eigenvalue weighted by atomic mass is 35.5. The average molecular weight is 737 g/mol. The first-order valence-electron chi connectivity index (χ1n) is 16.1. The lowest BCUT2D eigenvalue weighted by atomic mass is 9.96. The summed E-state index contributed by atoms with van der Waals surface area (Å²) in [6.45, 7) is 1.18. The third-order valence-corrected chi connectivity index (χ3v) is 10.1. The van der Waals surface area contributed by atoms with Crippen molar-refractivity contribution in [2.75, 3.05) is 20.3 Å². The first kappa shape index (κ1) is 35.7. The Morgan fingerprint density at radius 3 is 2.48 bits per heavy atom. The third kappa shape index (κ3) is 7.61. The molecule has 50 heavy (non-hydrogen) atoms. The molecular formula is C37H36Cl3N5O5. The molecule has 0 unspecified atom stereocenters. The SMILES string of the molecule is COc1c(CN[C@@H](CO)C(=O)O)cc(Cl)c(Cn2ncc3c(-c4cccc(-c5ccc(CNC[C@@H]6CCC(=O)N6)cc5)c4Cl)cccc32)c1Cl. The Hall–Kier alpha value is -4.16. The van der Waals surface area contributed by atoms with E-state index in [0.717, 1.165) is 51.7 Å². The zero-order valence-electron chi connectivity index (χ0n) is 27.2. The second-order valence-electron chi connectivity index (χ2n) is 12.1. The number of halogens is 3. The van der Waals surface area contributed by atoms with Crippen LogP contribution in [-0.2, 0) is 29.2 Å². The Bertz CT molecular complexity index is 2030. The van der Waals surface area contributed by atoms with Crippen molar-refractivity contribution in [3.8, 4) is 28.0 Å². The lowest BCUT2D eigenvalue weighted by molar-refractivity contribution is -0.140. The van der Waals surface area contributed by atoms with E-state index in [2.05, 4.69) is 45.3 Å². The summed E-state index contributed by atoms with van der Waals surface area (Å²) >= 11 is 20.6. The number of carboxylic acids is 1. The van der Waals surface area contributed by atoms with Gasteiger partial charge in [-0.1, -0.05) is 89.4 Å². The predicted molar refractivity (Wildman–Crippen MR) is 196 cm³/mol. The van der Waals surface area contributed by atoms with Gasteiger partial charge in [0, 0.05) is 64.8 Å². The topological polar surface area (TPSA) is 138 Å². The Morgan fingerprint density at radius 2 is 1.78 bits per heavy atom. The summed E-state index contributed by atoms with van der Waals surface area (Å²) in [5.41, 5.74) is 6.83. The molecule has 2 atom stereocenters. The van der Waals surface area contributed by atoms with Gasteiger partial charge in [0.2, 0.25) is 5.91 Å². The van der Waals surface area contributed by atoms with Crippen molar-refractivity contribution in [3.05, 3.63) is 105 Å². The van der Waals surface area contributed by atoms with Crippen LogP contribution in [0.2, 0.25) is 15.1 Å². The van der Waals surface area contributed by atoms with E-state index in [9.17, 15) is 19.8 Å². The van der Waals surface area contributed by atoms with Gasteiger partial charge in [-0.15, -0.1) is 0 Å². The molecule has 1 amide bonds. The van der Waals surface area contributed by atoms with Crippen LogP contribution in [0.3, 0.4) is 0 Å². The van der Waals surface area contributed by atoms with Crippen molar-refractivity contribution in [2.24, 2.45) is 0 Å². The van der Waals surface area contributed by atoms with Crippen molar-refractivity contribution in [1.82, 2.24) is 25.7 Å². The van der Waals surface area contributed by atoms with E-state index in [1.165, 1.54) is 7.11 Å². The summed E-state index contributed by atoms with van der Waals surface area (Å²) in [5, 5.41) is 34.7. The lowest BCUT2D eigenvalue weighted by Gasteiger charge is -2.18. The number of aliphatic hydroxyl groups is 1. The number of carbonyl (C=O) groups is 2. The molecule has 1 aliphatic heterocycles. The molecule has 0 bridgehead atoms. The molecule has 0 radical (unpaired) electrons. The number of rotatable bonds is 14. The smallest absolute Gasteiger partial charge is 0.323 e. The van der Waals surface area contributed by atoms with Gasteiger partial charge in [0.1, 0.15) is 11.8 Å². The molecule has 4 aromatic carbocycles. The van der Waals surface area contributed by atoms with Gasteiger partial charge in [-0.05, 0) is 35.2 Å². The van der Waals surface area contributed by atoms with E-state index in [0.29, 0.717) is 39.9 Å². The number of carboxylic acid groups (broad SMARTS) is 1. The summed E-state index contributed by atoms with van der Waals surface area (Å²) in [7, 11) is 1.48. The average Bonchev–Trinajstić information content (AvgIpc) is 3.72. The predicted octanol–water partition coefficient (Wildman–Crippen LogP) is 6.29.